The number of hydrogen-bond donors (Lipinski definition) is 3. The van der Waals surface area contributed by atoms with Crippen LogP contribution in [0, 0.1) is 0 Å². The van der Waals surface area contributed by atoms with Gasteiger partial charge in [-0.1, -0.05) is 28.3 Å². The summed E-state index contributed by atoms with van der Waals surface area (Å²) in [6.45, 7) is 0. The monoisotopic (exact) mass is 669 g/mol. The van der Waals surface area contributed by atoms with Gasteiger partial charge in [-0.2, -0.15) is 13.2 Å². The third-order valence-electron chi connectivity index (χ3n) is 5.62. The summed E-state index contributed by atoms with van der Waals surface area (Å²) in [6.07, 6.45) is -5.21. The number of oxime groups is 1. The van der Waals surface area contributed by atoms with Gasteiger partial charge in [0.1, 0.15) is 34.4 Å². The third kappa shape index (κ3) is 6.45. The van der Waals surface area contributed by atoms with E-state index in [0.29, 0.717) is 27.7 Å². The van der Waals surface area contributed by atoms with Gasteiger partial charge in [-0.25, -0.2) is 9.78 Å². The van der Waals surface area contributed by atoms with Gasteiger partial charge in [0.2, 0.25) is 0 Å². The second kappa shape index (κ2) is 11.7. The number of alkyl halides is 4. The number of carbonyl (C=O) groups excluding carboxylic acids is 3. The fourth-order valence-corrected chi connectivity index (χ4v) is 7.45. The number of aliphatic carboxylic acids is 1. The molecule has 0 spiro atoms. The van der Waals surface area contributed by atoms with E-state index in [9.17, 15) is 37.5 Å². The minimum atomic E-state index is -5.15. The van der Waals surface area contributed by atoms with Crippen molar-refractivity contribution in [3.05, 3.63) is 27.9 Å². The first-order valence-electron chi connectivity index (χ1n) is 11.3. The number of carbonyl (C=O) groups is 4. The number of thioether (sulfide) groups is 2. The second-order valence-electron chi connectivity index (χ2n) is 8.44. The normalized spacial score (nSPS) is 24.0. The van der Waals surface area contributed by atoms with Crippen molar-refractivity contribution in [2.24, 2.45) is 5.16 Å². The fraction of sp³-hybridized carbons (Fsp3) is 0.400. The van der Waals surface area contributed by atoms with Crippen molar-refractivity contribution >= 4 is 92.3 Å². The summed E-state index contributed by atoms with van der Waals surface area (Å²) >= 11 is 10.3. The van der Waals surface area contributed by atoms with E-state index >= 15 is 0 Å². The summed E-state index contributed by atoms with van der Waals surface area (Å²) in [4.78, 5) is 59.7. The Kier molecular flexibility index (Phi) is 8.46. The molecule has 1 saturated carbocycles. The molecule has 21 heteroatoms. The molecule has 4 heterocycles. The van der Waals surface area contributed by atoms with Crippen LogP contribution in [0.4, 0.5) is 18.3 Å². The molecular weight excluding hydrogens is 655 g/mol. The molecule has 2 aromatic rings. The maximum atomic E-state index is 13.2. The summed E-state index contributed by atoms with van der Waals surface area (Å²) in [5, 5.41) is 25.0. The minimum Gasteiger partial charge on any atom is -0.477 e. The number of rotatable bonds is 10. The molecule has 2 unspecified atom stereocenters. The molecule has 218 valence electrons. The first-order chi connectivity index (χ1) is 19.4. The Labute approximate surface area is 248 Å². The lowest BCUT2D eigenvalue weighted by Gasteiger charge is -2.49. The number of nitrogens with one attached hydrogen (secondary N) is 2. The number of aromatic nitrogens is 3. The predicted octanol–water partition coefficient (Wildman–Crippen LogP) is 2.13. The highest BCUT2D eigenvalue weighted by atomic mass is 35.5. The Bertz CT molecular complexity index is 1450. The van der Waals surface area contributed by atoms with Crippen molar-refractivity contribution in [1.82, 2.24) is 25.4 Å². The Morgan fingerprint density at radius 2 is 2.07 bits per heavy atom. The summed E-state index contributed by atoms with van der Waals surface area (Å²) in [5.41, 5.74) is 1.17. The molecule has 1 saturated heterocycles. The van der Waals surface area contributed by atoms with E-state index in [-0.39, 0.29) is 28.3 Å². The number of amides is 3. The number of nitrogens with zero attached hydrogens (tertiary/aromatic N) is 5. The zero-order valence-corrected chi connectivity index (χ0v) is 24.0. The topological polar surface area (TPSA) is 176 Å². The molecule has 0 aromatic carbocycles. The molecule has 3 N–H and O–H groups in total. The molecular formula is C20H15ClF3N7O6S4. The Morgan fingerprint density at radius 3 is 2.71 bits per heavy atom. The minimum absolute atomic E-state index is 0.176. The highest BCUT2D eigenvalue weighted by molar-refractivity contribution is 8.01. The Morgan fingerprint density at radius 1 is 1.32 bits per heavy atom. The van der Waals surface area contributed by atoms with Crippen LogP contribution in [0.15, 0.2) is 31.7 Å². The molecule has 3 amide bonds. The van der Waals surface area contributed by atoms with Gasteiger partial charge in [0.25, 0.3) is 11.8 Å². The molecule has 2 fully saturated rings. The largest absolute Gasteiger partial charge is 0.477 e. The Hall–Kier alpha value is -2.94. The maximum Gasteiger partial charge on any atom is 0.471 e. The van der Waals surface area contributed by atoms with E-state index in [1.807, 2.05) is 0 Å². The summed E-state index contributed by atoms with van der Waals surface area (Å²) in [5.74, 6) is -4.64. The number of β-lactam (4-membered cyclic amide) rings is 1. The Balaban J connectivity index is 1.31. The summed E-state index contributed by atoms with van der Waals surface area (Å²) < 4.78 is 38.5. The predicted molar refractivity (Wildman–Crippen MR) is 143 cm³/mol. The number of carboxylic acid groups (broad SMARTS) is 1. The van der Waals surface area contributed by atoms with E-state index in [1.54, 1.807) is 10.8 Å². The van der Waals surface area contributed by atoms with Gasteiger partial charge in [-0.05, 0) is 5.57 Å². The van der Waals surface area contributed by atoms with Gasteiger partial charge >= 0.3 is 18.1 Å². The second-order valence-corrected chi connectivity index (χ2v) is 13.0. The lowest BCUT2D eigenvalue weighted by Crippen LogP contribution is -2.71. The molecule has 0 bridgehead atoms. The van der Waals surface area contributed by atoms with Gasteiger partial charge in [-0.15, -0.1) is 44.9 Å². The number of hydrogen-bond acceptors (Lipinski definition) is 13. The first kappa shape index (κ1) is 29.5. The number of carboxylic acids is 1. The average Bonchev–Trinajstić information content (AvgIpc) is 3.28. The van der Waals surface area contributed by atoms with Crippen molar-refractivity contribution in [2.75, 3.05) is 16.8 Å². The number of fused-ring (bicyclic) bond motifs is 1. The molecule has 13 nitrogen and oxygen atoms in total. The van der Waals surface area contributed by atoms with Crippen LogP contribution in [0.2, 0.25) is 0 Å². The van der Waals surface area contributed by atoms with Gasteiger partial charge < -0.3 is 15.3 Å². The molecule has 0 radical (unpaired) electrons. The highest BCUT2D eigenvalue weighted by Crippen LogP contribution is 2.42. The van der Waals surface area contributed by atoms with Crippen molar-refractivity contribution in [1.29, 1.82) is 0 Å². The molecule has 1 aliphatic carbocycles. The van der Waals surface area contributed by atoms with E-state index < -0.39 is 58.2 Å². The van der Waals surface area contributed by atoms with Crippen LogP contribution in [0.25, 0.3) is 0 Å². The number of anilines is 1. The standard InChI is InChI=1S/C20H15ClF3N7O6S4/c21-7-1-9(7)37-30-10(8-4-39-18(26-8)28-17(36)20(22,23)24)13(32)27-11-14(33)31-12(16(34)35)6(2-38-15(11)31)3-40-19-29-25-5-41-19/h4-5,7,9,11,15H,1-3H2,(H,27,32)(H,34,35)(H,26,28,36)/t7?,9?,11-,15+/m1/s1. The molecule has 41 heavy (non-hydrogen) atoms. The maximum absolute atomic E-state index is 13.2. The molecule has 5 rings (SSSR count). The van der Waals surface area contributed by atoms with Crippen molar-refractivity contribution in [3.63, 3.8) is 0 Å². The van der Waals surface area contributed by atoms with Crippen LogP contribution in [0.3, 0.4) is 0 Å². The number of halogens is 4. The number of thiazole rings is 1. The van der Waals surface area contributed by atoms with Crippen LogP contribution in [0.1, 0.15) is 12.1 Å². The van der Waals surface area contributed by atoms with Crippen LogP contribution in [-0.2, 0) is 24.0 Å². The lowest BCUT2D eigenvalue weighted by molar-refractivity contribution is -0.167. The average molecular weight is 670 g/mol. The zero-order chi connectivity index (χ0) is 29.5. The molecule has 2 aromatic heterocycles. The van der Waals surface area contributed by atoms with Crippen molar-refractivity contribution in [2.45, 2.75) is 39.8 Å². The summed E-state index contributed by atoms with van der Waals surface area (Å²) in [7, 11) is 0. The summed E-state index contributed by atoms with van der Waals surface area (Å²) in [6, 6.07) is -1.13. The molecule has 2 aliphatic heterocycles. The molecule has 3 aliphatic rings. The van der Waals surface area contributed by atoms with E-state index in [1.165, 1.54) is 40.2 Å². The van der Waals surface area contributed by atoms with Gasteiger partial charge in [0, 0.05) is 23.3 Å². The smallest absolute Gasteiger partial charge is 0.471 e. The van der Waals surface area contributed by atoms with E-state index in [0.717, 1.165) is 4.90 Å². The van der Waals surface area contributed by atoms with Crippen LogP contribution in [0.5, 0.6) is 0 Å². The van der Waals surface area contributed by atoms with Crippen molar-refractivity contribution < 1.29 is 42.3 Å². The van der Waals surface area contributed by atoms with Crippen LogP contribution in [-0.4, -0.2) is 95.2 Å². The van der Waals surface area contributed by atoms with Gasteiger partial charge in [-0.3, -0.25) is 24.6 Å². The van der Waals surface area contributed by atoms with Gasteiger partial charge in [0.05, 0.1) is 5.38 Å². The quantitative estimate of drug-likeness (QED) is 0.111. The lowest BCUT2D eigenvalue weighted by atomic mass is 10.0. The zero-order valence-electron chi connectivity index (χ0n) is 20.0. The highest BCUT2D eigenvalue weighted by Gasteiger charge is 2.54. The van der Waals surface area contributed by atoms with Crippen LogP contribution < -0.4 is 10.6 Å². The fourth-order valence-electron chi connectivity index (χ4n) is 3.56. The third-order valence-corrected chi connectivity index (χ3v) is 10.1. The van der Waals surface area contributed by atoms with Crippen LogP contribution >= 0.6 is 57.8 Å². The molecule has 4 atom stereocenters. The van der Waals surface area contributed by atoms with E-state index in [4.69, 9.17) is 16.4 Å². The SMILES string of the molecule is O=C(O)C1=C(CSc2nncs2)CS[C@H]2[C@H](NC(=O)C(=NOC3CC3Cl)c3csc(NC(=O)C(F)(F)F)n3)C(=O)N12. The van der Waals surface area contributed by atoms with E-state index in [2.05, 4.69) is 25.7 Å². The first-order valence-corrected chi connectivity index (χ1v) is 15.5. The van der Waals surface area contributed by atoms with Crippen molar-refractivity contribution in [3.8, 4) is 0 Å². The van der Waals surface area contributed by atoms with Gasteiger partial charge in [0.15, 0.2) is 15.2 Å².